The highest BCUT2D eigenvalue weighted by Gasteiger charge is 2.18. The summed E-state index contributed by atoms with van der Waals surface area (Å²) in [6, 6.07) is 2.04. The Balaban J connectivity index is 2.94. The zero-order valence-electron chi connectivity index (χ0n) is 11.4. The molecule has 1 aromatic rings. The largest absolute Gasteiger partial charge is 0.480 e. The van der Waals surface area contributed by atoms with Crippen LogP contribution in [0.15, 0.2) is 23.1 Å². The van der Waals surface area contributed by atoms with E-state index in [0.717, 1.165) is 27.8 Å². The maximum absolute atomic E-state index is 12.0. The molecule has 0 aliphatic carbocycles. The zero-order chi connectivity index (χ0) is 16.0. The van der Waals surface area contributed by atoms with Gasteiger partial charge >= 0.3 is 5.97 Å². The van der Waals surface area contributed by atoms with Crippen molar-refractivity contribution >= 4 is 17.6 Å². The number of amides is 1. The smallest absolute Gasteiger partial charge is 0.323 e. The van der Waals surface area contributed by atoms with Gasteiger partial charge in [-0.15, -0.1) is 0 Å². The van der Waals surface area contributed by atoms with Crippen molar-refractivity contribution in [3.05, 3.63) is 38.8 Å². The van der Waals surface area contributed by atoms with Crippen LogP contribution in [0.4, 0.5) is 5.69 Å². The van der Waals surface area contributed by atoms with Crippen molar-refractivity contribution in [1.82, 2.24) is 9.47 Å². The summed E-state index contributed by atoms with van der Waals surface area (Å²) in [6.07, 6.45) is 1.52. The first-order chi connectivity index (χ1) is 9.85. The van der Waals surface area contributed by atoms with Crippen molar-refractivity contribution in [3.8, 4) is 0 Å². The lowest BCUT2D eigenvalue weighted by Crippen LogP contribution is -2.39. The fourth-order valence-electron chi connectivity index (χ4n) is 1.72. The standard InChI is InChI=1S/C12H15N3O6/c1-2-5-13(8-12(18)19)11(17)7-14-6-9(15(20)21)3-4-10(14)16/h3-4,6H,2,5,7-8H2,1H3,(H,18,19). The average Bonchev–Trinajstić information content (AvgIpc) is 2.40. The predicted octanol–water partition coefficient (Wildman–Crippen LogP) is 0.0797. The number of rotatable bonds is 7. The number of carboxylic acids is 1. The fraction of sp³-hybridized carbons (Fsp3) is 0.417. The van der Waals surface area contributed by atoms with Crippen molar-refractivity contribution < 1.29 is 19.6 Å². The van der Waals surface area contributed by atoms with E-state index in [0.29, 0.717) is 6.42 Å². The number of pyridine rings is 1. The topological polar surface area (TPSA) is 123 Å². The van der Waals surface area contributed by atoms with Crippen LogP contribution in [-0.4, -0.2) is 44.5 Å². The Kier molecular flexibility index (Phi) is 5.58. The van der Waals surface area contributed by atoms with Crippen molar-refractivity contribution in [1.29, 1.82) is 0 Å². The summed E-state index contributed by atoms with van der Waals surface area (Å²) in [4.78, 5) is 45.4. The molecule has 21 heavy (non-hydrogen) atoms. The molecule has 0 aromatic carbocycles. The Morgan fingerprint density at radius 2 is 2.10 bits per heavy atom. The summed E-state index contributed by atoms with van der Waals surface area (Å²) >= 11 is 0. The highest BCUT2D eigenvalue weighted by Crippen LogP contribution is 2.06. The van der Waals surface area contributed by atoms with Gasteiger partial charge in [0.2, 0.25) is 5.91 Å². The van der Waals surface area contributed by atoms with Gasteiger partial charge in [0, 0.05) is 18.7 Å². The number of nitrogens with zero attached hydrogens (tertiary/aromatic N) is 3. The number of carbonyl (C=O) groups excluding carboxylic acids is 1. The number of aliphatic carboxylic acids is 1. The lowest BCUT2D eigenvalue weighted by molar-refractivity contribution is -0.385. The molecule has 1 heterocycles. The van der Waals surface area contributed by atoms with E-state index in [2.05, 4.69) is 0 Å². The highest BCUT2D eigenvalue weighted by atomic mass is 16.6. The molecule has 1 N–H and O–H groups in total. The van der Waals surface area contributed by atoms with Gasteiger partial charge in [0.15, 0.2) is 0 Å². The third-order valence-electron chi connectivity index (χ3n) is 2.66. The monoisotopic (exact) mass is 297 g/mol. The van der Waals surface area contributed by atoms with Gasteiger partial charge in [0.05, 0.1) is 11.1 Å². The van der Waals surface area contributed by atoms with E-state index in [1.165, 1.54) is 0 Å². The lowest BCUT2D eigenvalue weighted by atomic mass is 10.3. The van der Waals surface area contributed by atoms with E-state index in [9.17, 15) is 24.5 Å². The van der Waals surface area contributed by atoms with Gasteiger partial charge in [-0.3, -0.25) is 29.1 Å². The molecule has 0 saturated carbocycles. The number of carbonyl (C=O) groups is 2. The SMILES string of the molecule is CCCN(CC(=O)O)C(=O)Cn1cc([N+](=O)[O-])ccc1=O. The molecule has 0 spiro atoms. The first-order valence-corrected chi connectivity index (χ1v) is 6.19. The summed E-state index contributed by atoms with van der Waals surface area (Å²) in [7, 11) is 0. The van der Waals surface area contributed by atoms with Gasteiger partial charge in [-0.05, 0) is 6.42 Å². The second kappa shape index (κ2) is 7.17. The predicted molar refractivity (Wildman–Crippen MR) is 71.9 cm³/mol. The molecule has 0 fully saturated rings. The second-order valence-corrected chi connectivity index (χ2v) is 4.32. The van der Waals surface area contributed by atoms with Crippen LogP contribution < -0.4 is 5.56 Å². The third-order valence-corrected chi connectivity index (χ3v) is 2.66. The van der Waals surface area contributed by atoms with Crippen LogP contribution in [0.25, 0.3) is 0 Å². The summed E-state index contributed by atoms with van der Waals surface area (Å²) in [6.45, 7) is 1.10. The molecule has 9 heteroatoms. The summed E-state index contributed by atoms with van der Waals surface area (Å²) < 4.78 is 0.894. The molecule has 114 valence electrons. The van der Waals surface area contributed by atoms with Crippen LogP contribution in [0.2, 0.25) is 0 Å². The van der Waals surface area contributed by atoms with Gasteiger partial charge in [-0.2, -0.15) is 0 Å². The van der Waals surface area contributed by atoms with Crippen LogP contribution in [0.1, 0.15) is 13.3 Å². The Hall–Kier alpha value is -2.71. The summed E-state index contributed by atoms with van der Waals surface area (Å²) in [5.74, 6) is -1.75. The van der Waals surface area contributed by atoms with Crippen molar-refractivity contribution in [2.75, 3.05) is 13.1 Å². The molecule has 0 bridgehead atoms. The highest BCUT2D eigenvalue weighted by molar-refractivity contribution is 5.81. The van der Waals surface area contributed by atoms with E-state index >= 15 is 0 Å². The third kappa shape index (κ3) is 4.71. The van der Waals surface area contributed by atoms with Crippen LogP contribution >= 0.6 is 0 Å². The first-order valence-electron chi connectivity index (χ1n) is 6.19. The summed E-state index contributed by atoms with van der Waals surface area (Å²) in [5, 5.41) is 19.4. The van der Waals surface area contributed by atoms with Crippen LogP contribution in [0.5, 0.6) is 0 Å². The molecule has 0 saturated heterocycles. The zero-order valence-corrected chi connectivity index (χ0v) is 11.4. The number of aromatic nitrogens is 1. The van der Waals surface area contributed by atoms with E-state index in [1.54, 1.807) is 6.92 Å². The maximum Gasteiger partial charge on any atom is 0.323 e. The molecule has 0 radical (unpaired) electrons. The van der Waals surface area contributed by atoms with E-state index in [1.807, 2.05) is 0 Å². The summed E-state index contributed by atoms with van der Waals surface area (Å²) in [5.41, 5.74) is -0.886. The Labute approximate surface area is 119 Å². The van der Waals surface area contributed by atoms with Gasteiger partial charge in [-0.1, -0.05) is 6.92 Å². The minimum atomic E-state index is -1.16. The quantitative estimate of drug-likeness (QED) is 0.561. The van der Waals surface area contributed by atoms with E-state index in [-0.39, 0.29) is 12.2 Å². The number of carboxylic acid groups (broad SMARTS) is 1. The average molecular weight is 297 g/mol. The normalized spacial score (nSPS) is 10.1. The molecular weight excluding hydrogens is 282 g/mol. The molecule has 9 nitrogen and oxygen atoms in total. The number of nitro groups is 1. The number of hydrogen-bond acceptors (Lipinski definition) is 5. The van der Waals surface area contributed by atoms with Crippen LogP contribution in [0, 0.1) is 10.1 Å². The van der Waals surface area contributed by atoms with E-state index in [4.69, 9.17) is 5.11 Å². The van der Waals surface area contributed by atoms with Crippen molar-refractivity contribution in [2.24, 2.45) is 0 Å². The van der Waals surface area contributed by atoms with E-state index < -0.39 is 35.4 Å². The molecule has 0 unspecified atom stereocenters. The van der Waals surface area contributed by atoms with Gasteiger partial charge in [0.25, 0.3) is 11.2 Å². The maximum atomic E-state index is 12.0. The van der Waals surface area contributed by atoms with Gasteiger partial charge in [-0.25, -0.2) is 0 Å². The molecule has 0 aliphatic heterocycles. The van der Waals surface area contributed by atoms with Crippen molar-refractivity contribution in [3.63, 3.8) is 0 Å². The second-order valence-electron chi connectivity index (χ2n) is 4.32. The molecule has 1 aromatic heterocycles. The lowest BCUT2D eigenvalue weighted by Gasteiger charge is -2.20. The van der Waals surface area contributed by atoms with Crippen LogP contribution in [-0.2, 0) is 16.1 Å². The Bertz CT molecular complexity index is 609. The molecule has 1 rings (SSSR count). The van der Waals surface area contributed by atoms with Gasteiger partial charge in [0.1, 0.15) is 13.1 Å². The van der Waals surface area contributed by atoms with Crippen LogP contribution in [0.3, 0.4) is 0 Å². The Morgan fingerprint density at radius 1 is 1.43 bits per heavy atom. The molecule has 1 amide bonds. The fourth-order valence-corrected chi connectivity index (χ4v) is 1.72. The minimum absolute atomic E-state index is 0.231. The minimum Gasteiger partial charge on any atom is -0.480 e. The number of hydrogen-bond donors (Lipinski definition) is 1. The molecular formula is C12H15N3O6. The molecule has 0 atom stereocenters. The van der Waals surface area contributed by atoms with Gasteiger partial charge < -0.3 is 10.0 Å². The molecule has 0 aliphatic rings. The van der Waals surface area contributed by atoms with Crippen molar-refractivity contribution in [2.45, 2.75) is 19.9 Å². The Morgan fingerprint density at radius 3 is 2.62 bits per heavy atom. The first kappa shape index (κ1) is 16.3.